The van der Waals surface area contributed by atoms with Gasteiger partial charge in [-0.3, -0.25) is 19.4 Å². The number of nitrogens with zero attached hydrogens (tertiary/aromatic N) is 2. The first kappa shape index (κ1) is 24.7. The van der Waals surface area contributed by atoms with Crippen LogP contribution in [-0.2, 0) is 19.2 Å². The quantitative estimate of drug-likeness (QED) is 0.544. The minimum Gasteiger partial charge on any atom is -0.474 e. The first-order valence-electron chi connectivity index (χ1n) is 13.3. The van der Waals surface area contributed by atoms with Crippen LogP contribution in [-0.4, -0.2) is 63.0 Å². The Morgan fingerprint density at radius 1 is 0.778 bits per heavy atom. The molecular formula is C27H35N3O6. The molecule has 194 valence electrons. The van der Waals surface area contributed by atoms with Gasteiger partial charge in [0.2, 0.25) is 0 Å². The highest BCUT2D eigenvalue weighted by Gasteiger charge is 2.47. The lowest BCUT2D eigenvalue weighted by atomic mass is 9.68. The van der Waals surface area contributed by atoms with Crippen LogP contribution in [0.3, 0.4) is 0 Å². The van der Waals surface area contributed by atoms with Gasteiger partial charge in [0.05, 0.1) is 11.4 Å². The van der Waals surface area contributed by atoms with Crippen molar-refractivity contribution < 1.29 is 29.4 Å². The van der Waals surface area contributed by atoms with Gasteiger partial charge in [-0.05, 0) is 68.9 Å². The van der Waals surface area contributed by atoms with Gasteiger partial charge in [-0.15, -0.1) is 0 Å². The molecule has 1 aromatic rings. The van der Waals surface area contributed by atoms with Crippen molar-refractivity contribution in [1.29, 1.82) is 0 Å². The molecule has 4 bridgehead atoms. The fourth-order valence-electron chi connectivity index (χ4n) is 7.68. The number of carbonyl (C=O) groups excluding carboxylic acids is 2. The average molecular weight is 498 g/mol. The van der Waals surface area contributed by atoms with Crippen molar-refractivity contribution in [3.05, 3.63) is 24.3 Å². The number of anilines is 2. The van der Waals surface area contributed by atoms with E-state index in [0.717, 1.165) is 31.1 Å². The molecule has 2 amide bonds. The van der Waals surface area contributed by atoms with E-state index >= 15 is 0 Å². The lowest BCUT2D eigenvalue weighted by Crippen LogP contribution is -2.62. The molecule has 6 atom stereocenters. The zero-order chi connectivity index (χ0) is 25.4. The van der Waals surface area contributed by atoms with Gasteiger partial charge in [-0.2, -0.15) is 0 Å². The molecule has 0 aromatic heterocycles. The molecule has 3 N–H and O–H groups in total. The number of carboxylic acids is 2. The van der Waals surface area contributed by atoms with Crippen LogP contribution in [0.5, 0.6) is 0 Å². The second kappa shape index (κ2) is 10.2. The molecule has 4 aliphatic rings. The Bertz CT molecular complexity index is 1020. The van der Waals surface area contributed by atoms with Gasteiger partial charge in [0.25, 0.3) is 0 Å². The molecule has 2 heterocycles. The molecule has 9 heteroatoms. The molecule has 9 nitrogen and oxygen atoms in total. The van der Waals surface area contributed by atoms with Crippen LogP contribution in [0.1, 0.15) is 70.6 Å². The predicted molar refractivity (Wildman–Crippen MR) is 133 cm³/mol. The number of nitrogens with one attached hydrogen (secondary N) is 1. The van der Waals surface area contributed by atoms with Crippen LogP contribution in [0.15, 0.2) is 24.3 Å². The number of amides is 2. The second-order valence-corrected chi connectivity index (χ2v) is 11.1. The first-order valence-corrected chi connectivity index (χ1v) is 13.3. The van der Waals surface area contributed by atoms with Crippen LogP contribution in [0.25, 0.3) is 0 Å². The summed E-state index contributed by atoms with van der Waals surface area (Å²) in [7, 11) is 0. The van der Waals surface area contributed by atoms with Gasteiger partial charge in [-0.1, -0.05) is 37.8 Å². The molecular weight excluding hydrogens is 462 g/mol. The highest BCUT2D eigenvalue weighted by molar-refractivity contribution is 6.39. The Hall–Kier alpha value is -2.94. The summed E-state index contributed by atoms with van der Waals surface area (Å²) >= 11 is 0. The molecule has 0 spiro atoms. The van der Waals surface area contributed by atoms with Crippen molar-refractivity contribution in [2.75, 3.05) is 10.2 Å². The van der Waals surface area contributed by atoms with E-state index in [9.17, 15) is 24.3 Å². The molecule has 2 saturated heterocycles. The topological polar surface area (TPSA) is 127 Å². The predicted octanol–water partition coefficient (Wildman–Crippen LogP) is 3.48. The van der Waals surface area contributed by atoms with E-state index < -0.39 is 23.8 Å². The lowest BCUT2D eigenvalue weighted by Gasteiger charge is -2.56. The number of fused-ring (bicyclic) bond motifs is 4. The summed E-state index contributed by atoms with van der Waals surface area (Å²) in [6, 6.07) is 7.14. The largest absolute Gasteiger partial charge is 0.474 e. The second-order valence-electron chi connectivity index (χ2n) is 11.1. The molecule has 1 aromatic carbocycles. The maximum Gasteiger partial charge on any atom is 0.394 e. The Morgan fingerprint density at radius 2 is 1.39 bits per heavy atom. The van der Waals surface area contributed by atoms with E-state index in [1.54, 1.807) is 18.2 Å². The highest BCUT2D eigenvalue weighted by atomic mass is 16.4. The number of benzene rings is 1. The SMILES string of the molecule is O=C(O)C(=O)Nc1ccccc1N(C(=O)C(=O)O)C1C[C@H]2CCC[C@@H](C1)N2C1C[C@H]2CCC[C@@H](C1)C2. The van der Waals surface area contributed by atoms with E-state index in [4.69, 9.17) is 5.11 Å². The highest BCUT2D eigenvalue weighted by Crippen LogP contribution is 2.47. The van der Waals surface area contributed by atoms with E-state index in [0.29, 0.717) is 18.9 Å². The third-order valence-electron chi connectivity index (χ3n) is 8.90. The fourth-order valence-corrected chi connectivity index (χ4v) is 7.68. The lowest BCUT2D eigenvalue weighted by molar-refractivity contribution is -0.149. The van der Waals surface area contributed by atoms with E-state index in [2.05, 4.69) is 10.2 Å². The normalized spacial score (nSPS) is 31.8. The van der Waals surface area contributed by atoms with Crippen LogP contribution in [0, 0.1) is 11.8 Å². The molecule has 2 aliphatic heterocycles. The fraction of sp³-hybridized carbons (Fsp3) is 0.630. The molecule has 2 saturated carbocycles. The molecule has 5 rings (SSSR count). The number of hydrogen-bond acceptors (Lipinski definition) is 5. The summed E-state index contributed by atoms with van der Waals surface area (Å²) in [5, 5.41) is 21.0. The first-order chi connectivity index (χ1) is 17.3. The molecule has 2 aliphatic carbocycles. The van der Waals surface area contributed by atoms with E-state index in [1.807, 2.05) is 0 Å². The Balaban J connectivity index is 1.42. The Kier molecular flexibility index (Phi) is 7.01. The van der Waals surface area contributed by atoms with Crippen LogP contribution >= 0.6 is 0 Å². The van der Waals surface area contributed by atoms with Crippen molar-refractivity contribution in [2.24, 2.45) is 11.8 Å². The Morgan fingerprint density at radius 3 is 2.00 bits per heavy atom. The van der Waals surface area contributed by atoms with Crippen molar-refractivity contribution in [1.82, 2.24) is 4.90 Å². The third-order valence-corrected chi connectivity index (χ3v) is 8.90. The number of aliphatic carboxylic acids is 2. The van der Waals surface area contributed by atoms with Crippen molar-refractivity contribution in [3.63, 3.8) is 0 Å². The van der Waals surface area contributed by atoms with Crippen molar-refractivity contribution >= 4 is 35.1 Å². The monoisotopic (exact) mass is 497 g/mol. The number of carboxylic acid groups (broad SMARTS) is 2. The zero-order valence-corrected chi connectivity index (χ0v) is 20.5. The maximum atomic E-state index is 13.0. The summed E-state index contributed by atoms with van der Waals surface area (Å²) < 4.78 is 0. The summed E-state index contributed by atoms with van der Waals surface area (Å²) in [5.74, 6) is -3.88. The maximum absolute atomic E-state index is 13.0. The van der Waals surface area contributed by atoms with Gasteiger partial charge in [0.1, 0.15) is 0 Å². The van der Waals surface area contributed by atoms with E-state index in [1.165, 1.54) is 49.5 Å². The standard InChI is InChI=1S/C27H35N3O6/c31-24(26(33)34)28-22-9-1-2-10-23(22)30(25(32)27(35)36)21-14-18-7-4-8-19(15-21)29(18)20-12-16-5-3-6-17(11-16)13-20/h1-2,9-10,16-21H,3-8,11-15H2,(H,28,31)(H,33,34)(H,35,36)/t16-,17+,18-,19+,20?,21?. The summed E-state index contributed by atoms with van der Waals surface area (Å²) in [4.78, 5) is 52.0. The summed E-state index contributed by atoms with van der Waals surface area (Å²) in [6.07, 6.45) is 12.4. The number of piperidine rings is 2. The summed E-state index contributed by atoms with van der Waals surface area (Å²) in [6.45, 7) is 0. The molecule has 36 heavy (non-hydrogen) atoms. The van der Waals surface area contributed by atoms with Crippen LogP contribution < -0.4 is 10.2 Å². The third kappa shape index (κ3) is 4.85. The molecule has 0 radical (unpaired) electrons. The van der Waals surface area contributed by atoms with Gasteiger partial charge >= 0.3 is 23.8 Å². The van der Waals surface area contributed by atoms with Crippen molar-refractivity contribution in [2.45, 2.75) is 94.8 Å². The summed E-state index contributed by atoms with van der Waals surface area (Å²) in [5.41, 5.74) is 0.343. The number of rotatable bonds is 4. The Labute approximate surface area is 210 Å². The number of hydrogen-bond donors (Lipinski definition) is 3. The van der Waals surface area contributed by atoms with Gasteiger partial charge in [-0.25, -0.2) is 9.59 Å². The smallest absolute Gasteiger partial charge is 0.394 e. The molecule has 2 unspecified atom stereocenters. The van der Waals surface area contributed by atoms with Gasteiger partial charge < -0.3 is 15.5 Å². The van der Waals surface area contributed by atoms with Crippen LogP contribution in [0.2, 0.25) is 0 Å². The minimum atomic E-state index is -1.65. The van der Waals surface area contributed by atoms with Gasteiger partial charge in [0.15, 0.2) is 0 Å². The van der Waals surface area contributed by atoms with Crippen molar-refractivity contribution in [3.8, 4) is 0 Å². The molecule has 4 fully saturated rings. The minimum absolute atomic E-state index is 0.118. The number of carbonyl (C=O) groups is 4. The van der Waals surface area contributed by atoms with E-state index in [-0.39, 0.29) is 29.5 Å². The number of para-hydroxylation sites is 2. The van der Waals surface area contributed by atoms with Crippen LogP contribution in [0.4, 0.5) is 11.4 Å². The van der Waals surface area contributed by atoms with Gasteiger partial charge in [0, 0.05) is 24.2 Å². The average Bonchev–Trinajstić information content (AvgIpc) is 2.84. The zero-order valence-electron chi connectivity index (χ0n) is 20.5.